The number of carbonyl (C=O) groups is 1. The maximum Gasteiger partial charge on any atom is 0.226 e. The van der Waals surface area contributed by atoms with Crippen molar-refractivity contribution in [1.29, 1.82) is 0 Å². The summed E-state index contributed by atoms with van der Waals surface area (Å²) >= 11 is 1.42. The van der Waals surface area contributed by atoms with Crippen LogP contribution in [0.15, 0.2) is 28.2 Å². The number of aryl methyl sites for hydroxylation is 1. The molecule has 1 saturated carbocycles. The Balaban J connectivity index is 1.24. The normalized spacial score (nSPS) is 14.0. The molecule has 4 rings (SSSR count). The van der Waals surface area contributed by atoms with Crippen LogP contribution in [0.3, 0.4) is 0 Å². The summed E-state index contributed by atoms with van der Waals surface area (Å²) in [5.74, 6) is 1.87. The second kappa shape index (κ2) is 6.56. The minimum Gasteiger partial charge on any atom is -0.360 e. The zero-order valence-corrected chi connectivity index (χ0v) is 13.8. The number of aromatic amines is 1. The monoisotopic (exact) mass is 343 g/mol. The number of rotatable bonds is 7. The summed E-state index contributed by atoms with van der Waals surface area (Å²) < 4.78 is 5.20. The summed E-state index contributed by atoms with van der Waals surface area (Å²) in [5, 5.41) is 9.33. The van der Waals surface area contributed by atoms with Crippen molar-refractivity contribution < 1.29 is 9.32 Å². The standard InChI is InChI=1S/C16H17N5O2S/c22-13(4-1-5-14-20-15(21-23-14)10-6-7-10)19-16-18-12(9-24-16)11-3-2-8-17-11/h2-3,8-10,17H,1,4-7H2,(H,18,19,22). The maximum atomic E-state index is 12.0. The van der Waals surface area contributed by atoms with Crippen molar-refractivity contribution in [3.8, 4) is 11.4 Å². The second-order valence-electron chi connectivity index (χ2n) is 5.84. The van der Waals surface area contributed by atoms with Crippen LogP contribution in [0.5, 0.6) is 0 Å². The van der Waals surface area contributed by atoms with Gasteiger partial charge in [0.25, 0.3) is 0 Å². The lowest BCUT2D eigenvalue weighted by Gasteiger charge is -2.00. The highest BCUT2D eigenvalue weighted by Gasteiger charge is 2.28. The third-order valence-corrected chi connectivity index (χ3v) is 4.60. The number of amides is 1. The minimum atomic E-state index is -0.0516. The number of thiazole rings is 1. The van der Waals surface area contributed by atoms with E-state index in [-0.39, 0.29) is 5.91 Å². The Kier molecular flexibility index (Phi) is 4.12. The fraction of sp³-hybridized carbons (Fsp3) is 0.375. The molecule has 3 aromatic heterocycles. The van der Waals surface area contributed by atoms with E-state index in [4.69, 9.17) is 4.52 Å². The van der Waals surface area contributed by atoms with Gasteiger partial charge >= 0.3 is 0 Å². The van der Waals surface area contributed by atoms with Gasteiger partial charge in [-0.3, -0.25) is 4.79 Å². The molecule has 0 bridgehead atoms. The summed E-state index contributed by atoms with van der Waals surface area (Å²) in [7, 11) is 0. The molecule has 0 atom stereocenters. The van der Waals surface area contributed by atoms with Gasteiger partial charge in [0.15, 0.2) is 11.0 Å². The number of aromatic nitrogens is 4. The van der Waals surface area contributed by atoms with E-state index < -0.39 is 0 Å². The van der Waals surface area contributed by atoms with E-state index >= 15 is 0 Å². The minimum absolute atomic E-state index is 0.0516. The highest BCUT2D eigenvalue weighted by atomic mass is 32.1. The van der Waals surface area contributed by atoms with E-state index in [1.807, 2.05) is 23.7 Å². The van der Waals surface area contributed by atoms with Crippen molar-refractivity contribution in [3.63, 3.8) is 0 Å². The molecule has 24 heavy (non-hydrogen) atoms. The van der Waals surface area contributed by atoms with Crippen LogP contribution >= 0.6 is 11.3 Å². The van der Waals surface area contributed by atoms with Crippen molar-refractivity contribution in [3.05, 3.63) is 35.4 Å². The number of nitrogens with one attached hydrogen (secondary N) is 2. The van der Waals surface area contributed by atoms with Gasteiger partial charge in [0, 0.05) is 30.3 Å². The highest BCUT2D eigenvalue weighted by molar-refractivity contribution is 7.14. The number of carbonyl (C=O) groups excluding carboxylic acids is 1. The Morgan fingerprint density at radius 1 is 1.42 bits per heavy atom. The number of hydrogen-bond donors (Lipinski definition) is 2. The molecule has 0 spiro atoms. The Bertz CT molecular complexity index is 819. The van der Waals surface area contributed by atoms with Crippen LogP contribution in [-0.4, -0.2) is 26.0 Å². The fourth-order valence-corrected chi connectivity index (χ4v) is 3.13. The van der Waals surface area contributed by atoms with Crippen LogP contribution in [0.25, 0.3) is 11.4 Å². The summed E-state index contributed by atoms with van der Waals surface area (Å²) in [6.45, 7) is 0. The lowest BCUT2D eigenvalue weighted by atomic mass is 10.2. The van der Waals surface area contributed by atoms with E-state index in [1.54, 1.807) is 0 Å². The summed E-state index contributed by atoms with van der Waals surface area (Å²) in [6.07, 6.45) is 5.85. The molecular weight excluding hydrogens is 326 g/mol. The predicted molar refractivity (Wildman–Crippen MR) is 89.7 cm³/mol. The molecule has 0 unspecified atom stereocenters. The average Bonchev–Trinajstić information content (AvgIpc) is 2.99. The molecule has 124 valence electrons. The van der Waals surface area contributed by atoms with Gasteiger partial charge in [0.2, 0.25) is 11.8 Å². The smallest absolute Gasteiger partial charge is 0.226 e. The highest BCUT2D eigenvalue weighted by Crippen LogP contribution is 2.38. The lowest BCUT2D eigenvalue weighted by Crippen LogP contribution is -2.11. The van der Waals surface area contributed by atoms with Crippen molar-refractivity contribution >= 4 is 22.4 Å². The first-order valence-electron chi connectivity index (χ1n) is 7.99. The lowest BCUT2D eigenvalue weighted by molar-refractivity contribution is -0.116. The SMILES string of the molecule is O=C(CCCc1nc(C2CC2)no1)Nc1nc(-c2ccc[nH]2)cs1. The van der Waals surface area contributed by atoms with E-state index in [0.717, 1.165) is 30.1 Å². The van der Waals surface area contributed by atoms with Gasteiger partial charge < -0.3 is 14.8 Å². The van der Waals surface area contributed by atoms with Crippen molar-refractivity contribution in [2.75, 3.05) is 5.32 Å². The van der Waals surface area contributed by atoms with E-state index in [1.165, 1.54) is 11.3 Å². The Hall–Kier alpha value is -2.48. The van der Waals surface area contributed by atoms with Crippen LogP contribution in [0.1, 0.15) is 43.3 Å². The Morgan fingerprint density at radius 2 is 2.33 bits per heavy atom. The van der Waals surface area contributed by atoms with Crippen LogP contribution in [0, 0.1) is 0 Å². The van der Waals surface area contributed by atoms with Crippen molar-refractivity contribution in [2.24, 2.45) is 0 Å². The molecule has 0 radical (unpaired) electrons. The van der Waals surface area contributed by atoms with E-state index in [0.29, 0.717) is 36.2 Å². The van der Waals surface area contributed by atoms with Crippen LogP contribution in [0.4, 0.5) is 5.13 Å². The summed E-state index contributed by atoms with van der Waals surface area (Å²) in [5.41, 5.74) is 1.77. The third-order valence-electron chi connectivity index (χ3n) is 3.85. The second-order valence-corrected chi connectivity index (χ2v) is 6.70. The van der Waals surface area contributed by atoms with Crippen molar-refractivity contribution in [1.82, 2.24) is 20.1 Å². The quantitative estimate of drug-likeness (QED) is 0.685. The zero-order chi connectivity index (χ0) is 16.4. The van der Waals surface area contributed by atoms with Gasteiger partial charge in [-0.1, -0.05) is 5.16 Å². The van der Waals surface area contributed by atoms with Gasteiger partial charge in [-0.2, -0.15) is 4.98 Å². The number of H-pyrrole nitrogens is 1. The molecule has 1 fully saturated rings. The number of anilines is 1. The molecule has 8 heteroatoms. The zero-order valence-electron chi connectivity index (χ0n) is 13.0. The van der Waals surface area contributed by atoms with E-state index in [9.17, 15) is 4.79 Å². The maximum absolute atomic E-state index is 12.0. The fourth-order valence-electron chi connectivity index (χ4n) is 2.40. The predicted octanol–water partition coefficient (Wildman–Crippen LogP) is 3.36. The van der Waals surface area contributed by atoms with Gasteiger partial charge in [0.1, 0.15) is 0 Å². The largest absolute Gasteiger partial charge is 0.360 e. The van der Waals surface area contributed by atoms with Crippen LogP contribution in [-0.2, 0) is 11.2 Å². The first-order valence-corrected chi connectivity index (χ1v) is 8.87. The third kappa shape index (κ3) is 3.53. The summed E-state index contributed by atoms with van der Waals surface area (Å²) in [6, 6.07) is 3.86. The van der Waals surface area contributed by atoms with Crippen LogP contribution in [0.2, 0.25) is 0 Å². The molecule has 0 aromatic carbocycles. The van der Waals surface area contributed by atoms with Gasteiger partial charge in [-0.15, -0.1) is 11.3 Å². The molecule has 7 nitrogen and oxygen atoms in total. The van der Waals surface area contributed by atoms with Gasteiger partial charge in [0.05, 0.1) is 11.4 Å². The first-order chi connectivity index (χ1) is 11.8. The molecule has 1 aliphatic rings. The molecular formula is C16H17N5O2S. The topological polar surface area (TPSA) is 96.7 Å². The number of nitrogens with zero attached hydrogens (tertiary/aromatic N) is 3. The van der Waals surface area contributed by atoms with Gasteiger partial charge in [-0.05, 0) is 31.4 Å². The van der Waals surface area contributed by atoms with E-state index in [2.05, 4.69) is 25.4 Å². The molecule has 1 aliphatic carbocycles. The Labute approximate surface area is 142 Å². The first kappa shape index (κ1) is 15.1. The summed E-state index contributed by atoms with van der Waals surface area (Å²) in [4.78, 5) is 23.9. The molecule has 0 saturated heterocycles. The molecule has 0 aliphatic heterocycles. The van der Waals surface area contributed by atoms with Crippen LogP contribution < -0.4 is 5.32 Å². The molecule has 2 N–H and O–H groups in total. The molecule has 3 heterocycles. The average molecular weight is 343 g/mol. The number of hydrogen-bond acceptors (Lipinski definition) is 6. The molecule has 3 aromatic rings. The van der Waals surface area contributed by atoms with Gasteiger partial charge in [-0.25, -0.2) is 4.98 Å². The molecule has 1 amide bonds. The van der Waals surface area contributed by atoms with Crippen molar-refractivity contribution in [2.45, 2.75) is 38.0 Å². The Morgan fingerprint density at radius 3 is 3.12 bits per heavy atom.